The monoisotopic (exact) mass is 489 g/mol. The van der Waals surface area contributed by atoms with E-state index in [0.29, 0.717) is 17.1 Å². The fraction of sp³-hybridized carbons (Fsp3) is 0.400. The van der Waals surface area contributed by atoms with Gasteiger partial charge in [-0.2, -0.15) is 0 Å². The van der Waals surface area contributed by atoms with Crippen LogP contribution < -0.4 is 10.6 Å². The summed E-state index contributed by atoms with van der Waals surface area (Å²) < 4.78 is 5.19. The van der Waals surface area contributed by atoms with E-state index in [0.717, 1.165) is 5.56 Å². The molecule has 0 spiro atoms. The van der Waals surface area contributed by atoms with Crippen molar-refractivity contribution >= 4 is 35.2 Å². The van der Waals surface area contributed by atoms with Crippen molar-refractivity contribution in [3.63, 3.8) is 0 Å². The number of nitrogens with zero attached hydrogens (tertiary/aromatic N) is 1. The van der Waals surface area contributed by atoms with Crippen molar-refractivity contribution < 1.29 is 24.2 Å². The number of halogens is 1. The van der Waals surface area contributed by atoms with Crippen LogP contribution >= 0.6 is 11.6 Å². The van der Waals surface area contributed by atoms with E-state index in [1.54, 1.807) is 64.1 Å². The number of benzene rings is 2. The number of para-hydroxylation sites is 2. The van der Waals surface area contributed by atoms with E-state index < -0.39 is 29.6 Å². The fourth-order valence-electron chi connectivity index (χ4n) is 3.35. The van der Waals surface area contributed by atoms with Gasteiger partial charge in [0.05, 0.1) is 10.7 Å². The van der Waals surface area contributed by atoms with Crippen LogP contribution in [0.4, 0.5) is 10.5 Å². The Morgan fingerprint density at radius 3 is 2.38 bits per heavy atom. The molecular weight excluding hydrogens is 458 g/mol. The Kier molecular flexibility index (Phi) is 9.32. The maximum absolute atomic E-state index is 13.5. The molecule has 8 nitrogen and oxygen atoms in total. The van der Waals surface area contributed by atoms with E-state index in [1.807, 2.05) is 6.92 Å². The van der Waals surface area contributed by atoms with Crippen molar-refractivity contribution in [1.82, 2.24) is 10.2 Å². The summed E-state index contributed by atoms with van der Waals surface area (Å²) in [4.78, 5) is 40.1. The Bertz CT molecular complexity index is 1020. The highest BCUT2D eigenvalue weighted by molar-refractivity contribution is 6.34. The van der Waals surface area contributed by atoms with Crippen LogP contribution in [0.3, 0.4) is 0 Å². The number of hydrogen-bond acceptors (Lipinski definition) is 5. The normalized spacial score (nSPS) is 11.9. The van der Waals surface area contributed by atoms with Crippen LogP contribution in [0.2, 0.25) is 5.02 Å². The molecule has 0 heterocycles. The van der Waals surface area contributed by atoms with Crippen molar-refractivity contribution in [2.75, 3.05) is 18.4 Å². The molecule has 1 atom stereocenters. The number of carbonyl (C=O) groups is 3. The van der Waals surface area contributed by atoms with Gasteiger partial charge in [0.15, 0.2) is 0 Å². The average Bonchev–Trinajstić information content (AvgIpc) is 2.74. The first-order valence-corrected chi connectivity index (χ1v) is 11.4. The van der Waals surface area contributed by atoms with Gasteiger partial charge in [-0.1, -0.05) is 48.9 Å². The number of rotatable bonds is 8. The Hall–Kier alpha value is -3.26. The van der Waals surface area contributed by atoms with Crippen molar-refractivity contribution in [3.8, 4) is 5.75 Å². The molecule has 9 heteroatoms. The summed E-state index contributed by atoms with van der Waals surface area (Å²) in [5, 5.41) is 16.1. The first-order chi connectivity index (χ1) is 15.9. The van der Waals surface area contributed by atoms with E-state index in [2.05, 4.69) is 10.6 Å². The zero-order valence-electron chi connectivity index (χ0n) is 20.1. The average molecular weight is 490 g/mol. The number of phenolic OH excluding ortho intramolecular Hbond substituents is 1. The van der Waals surface area contributed by atoms with Crippen LogP contribution in [-0.2, 0) is 14.3 Å². The Morgan fingerprint density at radius 1 is 1.12 bits per heavy atom. The number of ether oxygens (including phenoxy) is 1. The van der Waals surface area contributed by atoms with E-state index in [-0.39, 0.29) is 24.4 Å². The molecule has 2 aromatic rings. The largest absolute Gasteiger partial charge is 0.508 e. The maximum Gasteiger partial charge on any atom is 0.408 e. The van der Waals surface area contributed by atoms with Gasteiger partial charge in [0.25, 0.3) is 5.91 Å². The number of carbonyl (C=O) groups excluding carboxylic acids is 3. The van der Waals surface area contributed by atoms with Crippen LogP contribution in [0.25, 0.3) is 0 Å². The number of aromatic hydroxyl groups is 1. The predicted molar refractivity (Wildman–Crippen MR) is 132 cm³/mol. The van der Waals surface area contributed by atoms with Crippen LogP contribution in [0, 0.1) is 6.92 Å². The highest BCUT2D eigenvalue weighted by Gasteiger charge is 2.33. The topological polar surface area (TPSA) is 108 Å². The lowest BCUT2D eigenvalue weighted by Crippen LogP contribution is -2.46. The molecule has 0 aliphatic heterocycles. The number of anilines is 1. The molecule has 0 saturated heterocycles. The number of alkyl carbamates (subject to hydrolysis) is 1. The Morgan fingerprint density at radius 2 is 1.79 bits per heavy atom. The van der Waals surface area contributed by atoms with Gasteiger partial charge in [0.1, 0.15) is 23.9 Å². The lowest BCUT2D eigenvalue weighted by molar-refractivity contribution is -0.138. The Labute approximate surface area is 205 Å². The highest BCUT2D eigenvalue weighted by atomic mass is 35.5. The van der Waals surface area contributed by atoms with Crippen LogP contribution in [0.1, 0.15) is 51.3 Å². The molecule has 34 heavy (non-hydrogen) atoms. The molecule has 0 aliphatic rings. The third-order valence-corrected chi connectivity index (χ3v) is 5.14. The van der Waals surface area contributed by atoms with E-state index >= 15 is 0 Å². The van der Waals surface area contributed by atoms with Gasteiger partial charge >= 0.3 is 6.09 Å². The van der Waals surface area contributed by atoms with Crippen LogP contribution in [-0.4, -0.2) is 46.6 Å². The number of phenols is 1. The quantitative estimate of drug-likeness (QED) is 0.493. The van der Waals surface area contributed by atoms with Gasteiger partial charge < -0.3 is 25.4 Å². The molecule has 184 valence electrons. The highest BCUT2D eigenvalue weighted by Crippen LogP contribution is 2.32. The third kappa shape index (κ3) is 7.38. The number of amides is 3. The zero-order chi connectivity index (χ0) is 25.5. The molecule has 0 bridgehead atoms. The summed E-state index contributed by atoms with van der Waals surface area (Å²) in [6, 6.07) is 10.4. The zero-order valence-corrected chi connectivity index (χ0v) is 20.9. The van der Waals surface area contributed by atoms with Crippen molar-refractivity contribution in [2.45, 2.75) is 52.7 Å². The van der Waals surface area contributed by atoms with Crippen molar-refractivity contribution in [1.29, 1.82) is 0 Å². The summed E-state index contributed by atoms with van der Waals surface area (Å²) in [6.45, 7) is 8.64. The molecule has 0 fully saturated rings. The van der Waals surface area contributed by atoms with E-state index in [1.165, 1.54) is 11.0 Å². The lowest BCUT2D eigenvalue weighted by atomic mass is 10.0. The van der Waals surface area contributed by atoms with Crippen LogP contribution in [0.5, 0.6) is 5.75 Å². The smallest absolute Gasteiger partial charge is 0.408 e. The second kappa shape index (κ2) is 11.7. The summed E-state index contributed by atoms with van der Waals surface area (Å²) in [5.41, 5.74) is 0.701. The predicted octanol–water partition coefficient (Wildman–Crippen LogP) is 4.80. The van der Waals surface area contributed by atoms with Crippen molar-refractivity contribution in [3.05, 3.63) is 58.6 Å². The van der Waals surface area contributed by atoms with Gasteiger partial charge in [-0.15, -0.1) is 0 Å². The van der Waals surface area contributed by atoms with Gasteiger partial charge in [-0.3, -0.25) is 9.59 Å². The summed E-state index contributed by atoms with van der Waals surface area (Å²) in [5.74, 6) is -1.18. The van der Waals surface area contributed by atoms with Gasteiger partial charge in [-0.25, -0.2) is 4.79 Å². The standard InChI is InChI=1S/C25H32ClN3O5/c1-6-14-29(20(31)15-27-24(33)34-25(3,4)5)22(17-11-7-8-13-19(17)30)23(32)28-21-16(2)10-9-12-18(21)26/h7-13,22,30H,6,14-15H2,1-5H3,(H,27,33)(H,28,32). The summed E-state index contributed by atoms with van der Waals surface area (Å²) in [7, 11) is 0. The molecule has 0 saturated carbocycles. The van der Waals surface area contributed by atoms with Gasteiger partial charge in [0, 0.05) is 12.1 Å². The first-order valence-electron chi connectivity index (χ1n) is 11.0. The summed E-state index contributed by atoms with van der Waals surface area (Å²) in [6.07, 6.45) is -0.201. The number of aryl methyl sites for hydroxylation is 1. The third-order valence-electron chi connectivity index (χ3n) is 4.83. The summed E-state index contributed by atoms with van der Waals surface area (Å²) >= 11 is 6.29. The molecule has 0 radical (unpaired) electrons. The molecule has 3 amide bonds. The molecule has 3 N–H and O–H groups in total. The second-order valence-corrected chi connectivity index (χ2v) is 9.23. The number of nitrogens with one attached hydrogen (secondary N) is 2. The lowest BCUT2D eigenvalue weighted by Gasteiger charge is -2.32. The molecule has 1 unspecified atom stereocenters. The second-order valence-electron chi connectivity index (χ2n) is 8.82. The minimum Gasteiger partial charge on any atom is -0.508 e. The number of hydrogen-bond donors (Lipinski definition) is 3. The first kappa shape index (κ1) is 27.0. The Balaban J connectivity index is 2.38. The van der Waals surface area contributed by atoms with E-state index in [4.69, 9.17) is 16.3 Å². The van der Waals surface area contributed by atoms with Gasteiger partial charge in [-0.05, 0) is 51.8 Å². The molecule has 0 aliphatic carbocycles. The SMILES string of the molecule is CCCN(C(=O)CNC(=O)OC(C)(C)C)C(C(=O)Nc1c(C)cccc1Cl)c1ccccc1O. The minimum absolute atomic E-state index is 0.132. The molecule has 2 aromatic carbocycles. The van der Waals surface area contributed by atoms with Gasteiger partial charge in [0.2, 0.25) is 5.91 Å². The van der Waals surface area contributed by atoms with E-state index in [9.17, 15) is 19.5 Å². The molecule has 2 rings (SSSR count). The molecule has 0 aromatic heterocycles. The van der Waals surface area contributed by atoms with Crippen LogP contribution in [0.15, 0.2) is 42.5 Å². The van der Waals surface area contributed by atoms with Crippen molar-refractivity contribution in [2.24, 2.45) is 0 Å². The minimum atomic E-state index is -1.16. The maximum atomic E-state index is 13.5. The fourth-order valence-corrected chi connectivity index (χ4v) is 3.62. The molecular formula is C25H32ClN3O5.